The number of hydrogen-bond donors (Lipinski definition) is 1. The van der Waals surface area contributed by atoms with Gasteiger partial charge in [0.15, 0.2) is 0 Å². The predicted molar refractivity (Wildman–Crippen MR) is 109 cm³/mol. The van der Waals surface area contributed by atoms with Gasteiger partial charge in [-0.2, -0.15) is 0 Å². The molecule has 3 fully saturated rings. The van der Waals surface area contributed by atoms with Crippen LogP contribution < -0.4 is 15.0 Å². The number of ether oxygens (including phenoxy) is 1. The summed E-state index contributed by atoms with van der Waals surface area (Å²) in [6.07, 6.45) is 1.72. The number of amides is 3. The van der Waals surface area contributed by atoms with Crippen LogP contribution in [-0.4, -0.2) is 42.3 Å². The molecule has 2 aromatic carbocycles. The lowest BCUT2D eigenvalue weighted by atomic mass is 9.75. The quantitative estimate of drug-likeness (QED) is 0.778. The molecule has 1 spiro atoms. The minimum Gasteiger partial charge on any atom is -0.497 e. The number of benzene rings is 2. The maximum Gasteiger partial charge on any atom is 0.250 e. The highest BCUT2D eigenvalue weighted by Gasteiger charge is 2.74. The molecule has 0 aromatic heterocycles. The Kier molecular flexibility index (Phi) is 3.48. The topological polar surface area (TPSA) is 79.0 Å². The third-order valence-corrected chi connectivity index (χ3v) is 7.21. The van der Waals surface area contributed by atoms with Gasteiger partial charge < -0.3 is 10.1 Å². The molecule has 1 N–H and O–H groups in total. The number of carbonyl (C=O) groups excluding carboxylic acids is 3. The summed E-state index contributed by atoms with van der Waals surface area (Å²) in [5.74, 6) is -1.40. The van der Waals surface area contributed by atoms with Crippen LogP contribution in [0.15, 0.2) is 48.5 Å². The van der Waals surface area contributed by atoms with Gasteiger partial charge in [0.2, 0.25) is 17.7 Å². The monoisotopic (exact) mass is 403 g/mol. The Bertz CT molecular complexity index is 1120. The number of imide groups is 1. The van der Waals surface area contributed by atoms with Gasteiger partial charge in [-0.05, 0) is 37.6 Å². The van der Waals surface area contributed by atoms with Gasteiger partial charge >= 0.3 is 0 Å². The number of nitrogens with one attached hydrogen (secondary N) is 1. The first-order valence-electron chi connectivity index (χ1n) is 10.3. The maximum atomic E-state index is 13.8. The zero-order valence-electron chi connectivity index (χ0n) is 16.5. The van der Waals surface area contributed by atoms with E-state index >= 15 is 0 Å². The van der Waals surface area contributed by atoms with Crippen LogP contribution in [0.3, 0.4) is 0 Å². The van der Waals surface area contributed by atoms with Gasteiger partial charge in [-0.3, -0.25) is 19.3 Å². The summed E-state index contributed by atoms with van der Waals surface area (Å²) in [5, 5.41) is 2.98. The number of rotatable bonds is 2. The number of carbonyl (C=O) groups is 3. The Labute approximate surface area is 173 Å². The number of methoxy groups -OCH3 is 1. The third-order valence-electron chi connectivity index (χ3n) is 7.21. The Hall–Kier alpha value is -3.19. The van der Waals surface area contributed by atoms with E-state index in [0.717, 1.165) is 24.1 Å². The molecule has 6 rings (SSSR count). The molecule has 4 heterocycles. The Balaban J connectivity index is 1.54. The number of fused-ring (bicyclic) bond motifs is 7. The maximum absolute atomic E-state index is 13.8. The second-order valence-corrected chi connectivity index (χ2v) is 8.39. The van der Waals surface area contributed by atoms with Crippen molar-refractivity contribution in [3.05, 3.63) is 54.1 Å². The Morgan fingerprint density at radius 2 is 1.90 bits per heavy atom. The highest BCUT2D eigenvalue weighted by molar-refractivity contribution is 6.25. The second-order valence-electron chi connectivity index (χ2n) is 8.39. The fourth-order valence-corrected chi connectivity index (χ4v) is 6.16. The summed E-state index contributed by atoms with van der Waals surface area (Å²) < 4.78 is 5.28. The lowest BCUT2D eigenvalue weighted by molar-refractivity contribution is -0.135. The number of nitrogens with zero attached hydrogens (tertiary/aromatic N) is 2. The fraction of sp³-hybridized carbons (Fsp3) is 0.348. The summed E-state index contributed by atoms with van der Waals surface area (Å²) in [7, 11) is 1.55. The first kappa shape index (κ1) is 17.7. The molecule has 4 aliphatic rings. The van der Waals surface area contributed by atoms with Crippen molar-refractivity contribution in [3.8, 4) is 5.75 Å². The largest absolute Gasteiger partial charge is 0.497 e. The number of para-hydroxylation sites is 1. The SMILES string of the molecule is COc1cccc(N2C(=O)[C@@H]3[C@@H]4CCCN4[C@]4(C(=O)Nc5ccccc54)[C@H]3C2=O)c1. The molecule has 152 valence electrons. The van der Waals surface area contributed by atoms with Crippen LogP contribution in [0.25, 0.3) is 0 Å². The number of hydrogen-bond acceptors (Lipinski definition) is 5. The van der Waals surface area contributed by atoms with Gasteiger partial charge in [-0.1, -0.05) is 24.3 Å². The minimum absolute atomic E-state index is 0.112. The van der Waals surface area contributed by atoms with Gasteiger partial charge in [0.05, 0.1) is 24.6 Å². The van der Waals surface area contributed by atoms with Crippen LogP contribution in [0.1, 0.15) is 18.4 Å². The average Bonchev–Trinajstić information content (AvgIpc) is 3.46. The third kappa shape index (κ3) is 1.91. The Morgan fingerprint density at radius 3 is 2.73 bits per heavy atom. The van der Waals surface area contributed by atoms with Gasteiger partial charge in [0.25, 0.3) is 0 Å². The van der Waals surface area contributed by atoms with Crippen LogP contribution in [0.5, 0.6) is 5.75 Å². The van der Waals surface area contributed by atoms with Crippen LogP contribution in [0, 0.1) is 11.8 Å². The summed E-state index contributed by atoms with van der Waals surface area (Å²) in [6, 6.07) is 14.4. The summed E-state index contributed by atoms with van der Waals surface area (Å²) in [5.41, 5.74) is 0.907. The lowest BCUT2D eigenvalue weighted by Crippen LogP contribution is -2.54. The molecule has 0 unspecified atom stereocenters. The van der Waals surface area contributed by atoms with E-state index in [2.05, 4.69) is 10.2 Å². The normalized spacial score (nSPS) is 31.8. The highest BCUT2D eigenvalue weighted by Crippen LogP contribution is 2.60. The summed E-state index contributed by atoms with van der Waals surface area (Å²) in [4.78, 5) is 44.3. The molecule has 2 aromatic rings. The van der Waals surface area contributed by atoms with Crippen LogP contribution in [0.4, 0.5) is 11.4 Å². The standard InChI is InChI=1S/C23H21N3O4/c1-30-14-7-4-6-13(12-14)26-20(27)18-17-10-5-11-25(17)23(19(18)21(26)28)15-8-2-3-9-16(15)24-22(23)29/h2-4,6-9,12,17-19H,5,10-11H2,1H3,(H,24,29)/t17-,18+,19+,23-/m0/s1. The van der Waals surface area contributed by atoms with Gasteiger partial charge in [-0.25, -0.2) is 4.90 Å². The van der Waals surface area contributed by atoms with Crippen molar-refractivity contribution >= 4 is 29.1 Å². The minimum atomic E-state index is -1.12. The first-order chi connectivity index (χ1) is 14.6. The predicted octanol–water partition coefficient (Wildman–Crippen LogP) is 2.13. The molecule has 7 nitrogen and oxygen atoms in total. The van der Waals surface area contributed by atoms with Crippen molar-refractivity contribution in [1.29, 1.82) is 0 Å². The Morgan fingerprint density at radius 1 is 1.07 bits per heavy atom. The molecule has 4 atom stereocenters. The van der Waals surface area contributed by atoms with Crippen molar-refractivity contribution < 1.29 is 19.1 Å². The van der Waals surface area contributed by atoms with E-state index in [9.17, 15) is 14.4 Å². The van der Waals surface area contributed by atoms with E-state index in [0.29, 0.717) is 18.0 Å². The van der Waals surface area contributed by atoms with E-state index in [1.165, 1.54) is 4.90 Å². The zero-order chi connectivity index (χ0) is 20.6. The molecular formula is C23H21N3O4. The highest BCUT2D eigenvalue weighted by atomic mass is 16.5. The van der Waals surface area contributed by atoms with E-state index in [4.69, 9.17) is 4.74 Å². The summed E-state index contributed by atoms with van der Waals surface area (Å²) >= 11 is 0. The van der Waals surface area contributed by atoms with Crippen molar-refractivity contribution in [2.75, 3.05) is 23.9 Å². The smallest absolute Gasteiger partial charge is 0.250 e. The first-order valence-corrected chi connectivity index (χ1v) is 10.3. The molecule has 0 bridgehead atoms. The molecule has 30 heavy (non-hydrogen) atoms. The number of anilines is 2. The van der Waals surface area contributed by atoms with E-state index in [1.54, 1.807) is 31.4 Å². The molecule has 0 aliphatic carbocycles. The van der Waals surface area contributed by atoms with Crippen LogP contribution in [0.2, 0.25) is 0 Å². The van der Waals surface area contributed by atoms with Gasteiger partial charge in [0.1, 0.15) is 11.3 Å². The zero-order valence-corrected chi connectivity index (χ0v) is 16.5. The van der Waals surface area contributed by atoms with Crippen LogP contribution >= 0.6 is 0 Å². The van der Waals surface area contributed by atoms with E-state index < -0.39 is 17.4 Å². The average molecular weight is 403 g/mol. The summed E-state index contributed by atoms with van der Waals surface area (Å²) in [6.45, 7) is 0.707. The molecule has 4 aliphatic heterocycles. The molecule has 0 radical (unpaired) electrons. The second kappa shape index (κ2) is 5.92. The van der Waals surface area contributed by atoms with Crippen molar-refractivity contribution in [2.45, 2.75) is 24.4 Å². The van der Waals surface area contributed by atoms with Crippen LogP contribution in [-0.2, 0) is 19.9 Å². The molecule has 3 saturated heterocycles. The lowest BCUT2D eigenvalue weighted by Gasteiger charge is -2.36. The molecule has 7 heteroatoms. The molecular weight excluding hydrogens is 382 g/mol. The molecule has 3 amide bonds. The van der Waals surface area contributed by atoms with E-state index in [1.807, 2.05) is 24.3 Å². The van der Waals surface area contributed by atoms with Gasteiger partial charge in [-0.15, -0.1) is 0 Å². The van der Waals surface area contributed by atoms with Crippen molar-refractivity contribution in [1.82, 2.24) is 4.90 Å². The fourth-order valence-electron chi connectivity index (χ4n) is 6.16. The van der Waals surface area contributed by atoms with E-state index in [-0.39, 0.29) is 23.8 Å². The van der Waals surface area contributed by atoms with Gasteiger partial charge in [0, 0.05) is 23.4 Å². The van der Waals surface area contributed by atoms with Crippen molar-refractivity contribution in [3.63, 3.8) is 0 Å². The van der Waals surface area contributed by atoms with Crippen molar-refractivity contribution in [2.24, 2.45) is 11.8 Å². The molecule has 0 saturated carbocycles.